The van der Waals surface area contributed by atoms with E-state index in [1.165, 1.54) is 7.05 Å². The number of aryl methyl sites for hydroxylation is 1. The molecule has 0 saturated carbocycles. The molecule has 1 aliphatic rings. The van der Waals surface area contributed by atoms with E-state index in [0.717, 1.165) is 4.68 Å². The predicted molar refractivity (Wildman–Crippen MR) is 60.4 cm³/mol. The van der Waals surface area contributed by atoms with Gasteiger partial charge in [0.05, 0.1) is 18.5 Å². The van der Waals surface area contributed by atoms with Gasteiger partial charge >= 0.3 is 0 Å². The first-order valence-electron chi connectivity index (χ1n) is 5.57. The second-order valence-corrected chi connectivity index (χ2v) is 6.57. The largest absolute Gasteiger partial charge is 0.350 e. The minimum atomic E-state index is -3.55. The number of hydrogen-bond donors (Lipinski definition) is 0. The fourth-order valence-electron chi connectivity index (χ4n) is 1.85. The van der Waals surface area contributed by atoms with E-state index in [0.29, 0.717) is 13.0 Å². The molecule has 102 valence electrons. The van der Waals surface area contributed by atoms with Gasteiger partial charge < -0.3 is 9.47 Å². The summed E-state index contributed by atoms with van der Waals surface area (Å²) in [5, 5.41) is 10.2. The highest BCUT2D eigenvalue weighted by molar-refractivity contribution is 7.91. The van der Waals surface area contributed by atoms with Crippen LogP contribution >= 0.6 is 0 Å². The molecule has 0 aromatic carbocycles. The number of hydrogen-bond acceptors (Lipinski definition) is 7. The van der Waals surface area contributed by atoms with Gasteiger partial charge in [0.25, 0.3) is 5.16 Å². The van der Waals surface area contributed by atoms with Crippen LogP contribution in [0.4, 0.5) is 0 Å². The van der Waals surface area contributed by atoms with Crippen LogP contribution in [0.3, 0.4) is 0 Å². The predicted octanol–water partition coefficient (Wildman–Crippen LogP) is -0.475. The van der Waals surface area contributed by atoms with Crippen LogP contribution in [0.25, 0.3) is 0 Å². The number of nitrogens with zero attached hydrogens (tertiary/aromatic N) is 4. The van der Waals surface area contributed by atoms with E-state index < -0.39 is 21.7 Å². The number of ether oxygens (including phenoxy) is 2. The molecule has 8 nitrogen and oxygen atoms in total. The van der Waals surface area contributed by atoms with E-state index >= 15 is 0 Å². The van der Waals surface area contributed by atoms with E-state index in [1.54, 1.807) is 13.8 Å². The Labute approximate surface area is 105 Å². The van der Waals surface area contributed by atoms with Crippen molar-refractivity contribution >= 4 is 9.84 Å². The summed E-state index contributed by atoms with van der Waals surface area (Å²) < 4.78 is 36.3. The Hall–Kier alpha value is -1.06. The van der Waals surface area contributed by atoms with Crippen molar-refractivity contribution in [3.8, 4) is 0 Å². The molecule has 1 aromatic rings. The van der Waals surface area contributed by atoms with Crippen molar-refractivity contribution in [3.63, 3.8) is 0 Å². The second-order valence-electron chi connectivity index (χ2n) is 4.64. The van der Waals surface area contributed by atoms with Gasteiger partial charge in [0.1, 0.15) is 0 Å². The quantitative estimate of drug-likeness (QED) is 0.736. The molecular weight excluding hydrogens is 260 g/mol. The maximum absolute atomic E-state index is 12.1. The SMILES string of the molecule is Cn1nnnc1S(=O)(=O)CC1CCOC(C)(C)O1. The molecule has 1 unspecified atom stereocenters. The highest BCUT2D eigenvalue weighted by atomic mass is 32.2. The van der Waals surface area contributed by atoms with Gasteiger partial charge in [-0.1, -0.05) is 5.10 Å². The number of tetrazole rings is 1. The third-order valence-corrected chi connectivity index (χ3v) is 4.32. The van der Waals surface area contributed by atoms with E-state index in [2.05, 4.69) is 15.5 Å². The van der Waals surface area contributed by atoms with E-state index in [-0.39, 0.29) is 10.9 Å². The summed E-state index contributed by atoms with van der Waals surface area (Å²) in [4.78, 5) is 0. The van der Waals surface area contributed by atoms with Gasteiger partial charge in [-0.2, -0.15) is 0 Å². The number of sulfone groups is 1. The second kappa shape index (κ2) is 4.56. The summed E-state index contributed by atoms with van der Waals surface area (Å²) in [6.07, 6.45) is 0.129. The molecule has 1 aromatic heterocycles. The van der Waals surface area contributed by atoms with Gasteiger partial charge in [0.2, 0.25) is 9.84 Å². The molecule has 0 bridgehead atoms. The number of rotatable bonds is 3. The lowest BCUT2D eigenvalue weighted by Gasteiger charge is -2.35. The first-order chi connectivity index (χ1) is 8.30. The highest BCUT2D eigenvalue weighted by Gasteiger charge is 2.34. The van der Waals surface area contributed by atoms with Crippen LogP contribution in [-0.2, 0) is 26.4 Å². The molecule has 0 radical (unpaired) electrons. The molecule has 18 heavy (non-hydrogen) atoms. The number of aromatic nitrogens is 4. The van der Waals surface area contributed by atoms with Gasteiger partial charge in [0, 0.05) is 7.05 Å². The smallest absolute Gasteiger partial charge is 0.267 e. The van der Waals surface area contributed by atoms with Crippen molar-refractivity contribution in [3.05, 3.63) is 0 Å². The van der Waals surface area contributed by atoms with Crippen molar-refractivity contribution < 1.29 is 17.9 Å². The third-order valence-electron chi connectivity index (χ3n) is 2.60. The molecule has 0 spiro atoms. The molecule has 0 amide bonds. The van der Waals surface area contributed by atoms with Gasteiger partial charge in [-0.3, -0.25) is 0 Å². The molecule has 2 heterocycles. The normalized spacial score (nSPS) is 24.1. The van der Waals surface area contributed by atoms with Crippen LogP contribution in [0.5, 0.6) is 0 Å². The average Bonchev–Trinajstić information content (AvgIpc) is 2.62. The van der Waals surface area contributed by atoms with Gasteiger partial charge in [-0.05, 0) is 30.7 Å². The molecule has 0 N–H and O–H groups in total. The topological polar surface area (TPSA) is 96.2 Å². The fourth-order valence-corrected chi connectivity index (χ4v) is 3.33. The van der Waals surface area contributed by atoms with Crippen molar-refractivity contribution in [1.29, 1.82) is 0 Å². The van der Waals surface area contributed by atoms with Crippen molar-refractivity contribution in [2.45, 2.75) is 37.3 Å². The first-order valence-corrected chi connectivity index (χ1v) is 7.22. The summed E-state index contributed by atoms with van der Waals surface area (Å²) in [7, 11) is -2.06. The Morgan fingerprint density at radius 3 is 2.78 bits per heavy atom. The lowest BCUT2D eigenvalue weighted by Crippen LogP contribution is -2.42. The molecule has 0 aliphatic carbocycles. The summed E-state index contributed by atoms with van der Waals surface area (Å²) in [5.41, 5.74) is 0. The minimum absolute atomic E-state index is 0.143. The van der Waals surface area contributed by atoms with Crippen LogP contribution < -0.4 is 0 Å². The van der Waals surface area contributed by atoms with E-state index in [1.807, 2.05) is 0 Å². The van der Waals surface area contributed by atoms with Crippen LogP contribution in [-0.4, -0.2) is 52.9 Å². The Morgan fingerprint density at radius 1 is 1.50 bits per heavy atom. The van der Waals surface area contributed by atoms with Crippen LogP contribution in [0.1, 0.15) is 20.3 Å². The Balaban J connectivity index is 2.12. The molecule has 2 rings (SSSR count). The van der Waals surface area contributed by atoms with Crippen LogP contribution in [0, 0.1) is 0 Å². The highest BCUT2D eigenvalue weighted by Crippen LogP contribution is 2.23. The van der Waals surface area contributed by atoms with Gasteiger partial charge in [-0.15, -0.1) is 0 Å². The lowest BCUT2D eigenvalue weighted by atomic mass is 10.2. The fraction of sp³-hybridized carbons (Fsp3) is 0.889. The molecular formula is C9H16N4O4S. The van der Waals surface area contributed by atoms with Crippen molar-refractivity contribution in [2.75, 3.05) is 12.4 Å². The van der Waals surface area contributed by atoms with Crippen LogP contribution in [0.15, 0.2) is 5.16 Å². The molecule has 9 heteroatoms. The zero-order valence-electron chi connectivity index (χ0n) is 10.5. The molecule has 1 saturated heterocycles. The van der Waals surface area contributed by atoms with Gasteiger partial charge in [-0.25, -0.2) is 13.1 Å². The van der Waals surface area contributed by atoms with Crippen molar-refractivity contribution in [2.24, 2.45) is 7.05 Å². The van der Waals surface area contributed by atoms with Crippen LogP contribution in [0.2, 0.25) is 0 Å². The third kappa shape index (κ3) is 2.85. The Bertz CT molecular complexity index is 524. The maximum Gasteiger partial charge on any atom is 0.267 e. The minimum Gasteiger partial charge on any atom is -0.350 e. The summed E-state index contributed by atoms with van der Waals surface area (Å²) >= 11 is 0. The summed E-state index contributed by atoms with van der Waals surface area (Å²) in [6, 6.07) is 0. The zero-order valence-corrected chi connectivity index (χ0v) is 11.3. The first kappa shape index (κ1) is 13.4. The lowest BCUT2D eigenvalue weighted by molar-refractivity contribution is -0.268. The Kier molecular flexibility index (Phi) is 3.39. The molecule has 1 aliphatic heterocycles. The summed E-state index contributed by atoms with van der Waals surface area (Å²) in [6.45, 7) is 4.00. The average molecular weight is 276 g/mol. The standard InChI is InChI=1S/C9H16N4O4S/c1-9(2)16-5-4-7(17-9)6-18(14,15)8-10-11-12-13(8)3/h7H,4-6H2,1-3H3. The Morgan fingerprint density at radius 2 is 2.22 bits per heavy atom. The van der Waals surface area contributed by atoms with Gasteiger partial charge in [0.15, 0.2) is 5.79 Å². The molecule has 1 atom stereocenters. The summed E-state index contributed by atoms with van der Waals surface area (Å²) in [5.74, 6) is -0.898. The monoisotopic (exact) mass is 276 g/mol. The maximum atomic E-state index is 12.1. The van der Waals surface area contributed by atoms with E-state index in [4.69, 9.17) is 9.47 Å². The zero-order chi connectivity index (χ0) is 13.4. The van der Waals surface area contributed by atoms with E-state index in [9.17, 15) is 8.42 Å². The van der Waals surface area contributed by atoms with Crippen molar-refractivity contribution in [1.82, 2.24) is 20.2 Å². The molecule has 1 fully saturated rings.